The third kappa shape index (κ3) is 5.61. The molecule has 0 rings (SSSR count). The lowest BCUT2D eigenvalue weighted by atomic mass is 10.1. The van der Waals surface area contributed by atoms with Crippen LogP contribution in [-0.4, -0.2) is 17.1 Å². The Hall–Kier alpha value is -0.830. The molecule has 0 saturated carbocycles. The van der Waals surface area contributed by atoms with Gasteiger partial charge in [-0.15, -0.1) is 0 Å². The van der Waals surface area contributed by atoms with Crippen molar-refractivity contribution in [3.8, 4) is 0 Å². The molecule has 0 radical (unpaired) electrons. The fraction of sp³-hybridized carbons (Fsp3) is 0.625. The summed E-state index contributed by atoms with van der Waals surface area (Å²) in [5, 5.41) is 8.40. The molecule has 0 spiro atoms. The van der Waals surface area contributed by atoms with E-state index in [0.29, 0.717) is 6.42 Å². The Morgan fingerprint density at radius 3 is 2.82 bits per heavy atom. The lowest BCUT2D eigenvalue weighted by Gasteiger charge is -2.02. The molecule has 1 atom stereocenters. The summed E-state index contributed by atoms with van der Waals surface area (Å²) < 4.78 is 0. The molecule has 0 aromatic heterocycles. The normalized spacial score (nSPS) is 13.6. The van der Waals surface area contributed by atoms with Crippen molar-refractivity contribution in [1.29, 1.82) is 0 Å². The molecule has 3 nitrogen and oxygen atoms in total. The summed E-state index contributed by atoms with van der Waals surface area (Å²) in [5.41, 5.74) is 5.28. The molecule has 0 fully saturated rings. The second kappa shape index (κ2) is 5.92. The van der Waals surface area contributed by atoms with Crippen LogP contribution in [0.2, 0.25) is 0 Å². The van der Waals surface area contributed by atoms with Crippen molar-refractivity contribution in [3.63, 3.8) is 0 Å². The Bertz CT molecular complexity index is 143. The van der Waals surface area contributed by atoms with Crippen LogP contribution in [0.5, 0.6) is 0 Å². The molecule has 0 aromatic rings. The van der Waals surface area contributed by atoms with Gasteiger partial charge in [0.1, 0.15) is 6.04 Å². The third-order valence-electron chi connectivity index (χ3n) is 1.44. The molecular weight excluding hydrogens is 142 g/mol. The predicted octanol–water partition coefficient (Wildman–Crippen LogP) is 1.14. The van der Waals surface area contributed by atoms with Gasteiger partial charge >= 0.3 is 5.97 Å². The number of carboxylic acids is 1. The van der Waals surface area contributed by atoms with E-state index >= 15 is 0 Å². The first-order chi connectivity index (χ1) is 5.18. The SMILES string of the molecule is C/C=C/CCC[C@@H](N)C(=O)O. The van der Waals surface area contributed by atoms with E-state index in [1.54, 1.807) is 0 Å². The minimum atomic E-state index is -0.912. The summed E-state index contributed by atoms with van der Waals surface area (Å²) in [6, 6.07) is -0.694. The van der Waals surface area contributed by atoms with Crippen molar-refractivity contribution in [2.75, 3.05) is 0 Å². The largest absolute Gasteiger partial charge is 0.480 e. The van der Waals surface area contributed by atoms with Crippen molar-refractivity contribution in [1.82, 2.24) is 0 Å². The average Bonchev–Trinajstić information content (AvgIpc) is 1.97. The lowest BCUT2D eigenvalue weighted by Crippen LogP contribution is -2.29. The molecule has 0 saturated heterocycles. The molecule has 0 aliphatic carbocycles. The van der Waals surface area contributed by atoms with Gasteiger partial charge in [0.2, 0.25) is 0 Å². The number of hydrogen-bond donors (Lipinski definition) is 2. The van der Waals surface area contributed by atoms with Gasteiger partial charge in [-0.2, -0.15) is 0 Å². The molecule has 3 heteroatoms. The number of aliphatic carboxylic acids is 1. The van der Waals surface area contributed by atoms with Crippen LogP contribution in [0.4, 0.5) is 0 Å². The number of allylic oxidation sites excluding steroid dienone is 2. The maximum atomic E-state index is 10.2. The zero-order chi connectivity index (χ0) is 8.69. The van der Waals surface area contributed by atoms with Gasteiger partial charge in [-0.1, -0.05) is 12.2 Å². The Morgan fingerprint density at radius 1 is 1.73 bits per heavy atom. The number of nitrogens with two attached hydrogens (primary N) is 1. The van der Waals surface area contributed by atoms with E-state index in [4.69, 9.17) is 10.8 Å². The smallest absolute Gasteiger partial charge is 0.320 e. The molecule has 0 aromatic carbocycles. The number of hydrogen-bond acceptors (Lipinski definition) is 2. The monoisotopic (exact) mass is 157 g/mol. The van der Waals surface area contributed by atoms with E-state index in [-0.39, 0.29) is 0 Å². The van der Waals surface area contributed by atoms with Crippen LogP contribution in [0.15, 0.2) is 12.2 Å². The second-order valence-corrected chi connectivity index (χ2v) is 2.44. The first-order valence-electron chi connectivity index (χ1n) is 3.78. The van der Waals surface area contributed by atoms with E-state index in [2.05, 4.69) is 0 Å². The van der Waals surface area contributed by atoms with Gasteiger partial charge in [0, 0.05) is 0 Å². The zero-order valence-corrected chi connectivity index (χ0v) is 6.79. The van der Waals surface area contributed by atoms with Crippen molar-refractivity contribution < 1.29 is 9.90 Å². The Labute approximate surface area is 66.9 Å². The molecule has 0 unspecified atom stereocenters. The fourth-order valence-electron chi connectivity index (χ4n) is 0.746. The van der Waals surface area contributed by atoms with Crippen LogP contribution < -0.4 is 5.73 Å². The molecule has 0 bridgehead atoms. The van der Waals surface area contributed by atoms with Gasteiger partial charge in [-0.05, 0) is 26.2 Å². The first-order valence-corrected chi connectivity index (χ1v) is 3.78. The van der Waals surface area contributed by atoms with Gasteiger partial charge in [-0.3, -0.25) is 4.79 Å². The van der Waals surface area contributed by atoms with E-state index in [1.807, 2.05) is 19.1 Å². The number of carboxylic acid groups (broad SMARTS) is 1. The highest BCUT2D eigenvalue weighted by molar-refractivity contribution is 5.72. The highest BCUT2D eigenvalue weighted by atomic mass is 16.4. The molecule has 0 amide bonds. The summed E-state index contributed by atoms with van der Waals surface area (Å²) in [6.07, 6.45) is 6.27. The van der Waals surface area contributed by atoms with Crippen LogP contribution in [0.1, 0.15) is 26.2 Å². The maximum absolute atomic E-state index is 10.2. The lowest BCUT2D eigenvalue weighted by molar-refractivity contribution is -0.138. The number of rotatable bonds is 5. The van der Waals surface area contributed by atoms with Crippen LogP contribution in [0.3, 0.4) is 0 Å². The molecule has 0 aliphatic heterocycles. The van der Waals surface area contributed by atoms with Crippen LogP contribution >= 0.6 is 0 Å². The van der Waals surface area contributed by atoms with Crippen LogP contribution in [-0.2, 0) is 4.79 Å². The molecule has 0 aliphatic rings. The molecule has 64 valence electrons. The van der Waals surface area contributed by atoms with E-state index in [0.717, 1.165) is 12.8 Å². The summed E-state index contributed by atoms with van der Waals surface area (Å²) in [5.74, 6) is -0.912. The second-order valence-electron chi connectivity index (χ2n) is 2.44. The zero-order valence-electron chi connectivity index (χ0n) is 6.79. The summed E-state index contributed by atoms with van der Waals surface area (Å²) in [7, 11) is 0. The van der Waals surface area contributed by atoms with Gasteiger partial charge in [0.25, 0.3) is 0 Å². The minimum Gasteiger partial charge on any atom is -0.480 e. The summed E-state index contributed by atoms with van der Waals surface area (Å²) in [4.78, 5) is 10.2. The highest BCUT2D eigenvalue weighted by Crippen LogP contribution is 1.99. The molecular formula is C8H15NO2. The topological polar surface area (TPSA) is 63.3 Å². The van der Waals surface area contributed by atoms with Gasteiger partial charge in [0.15, 0.2) is 0 Å². The predicted molar refractivity (Wildman–Crippen MR) is 44.3 cm³/mol. The Morgan fingerprint density at radius 2 is 2.36 bits per heavy atom. The highest BCUT2D eigenvalue weighted by Gasteiger charge is 2.08. The van der Waals surface area contributed by atoms with Crippen LogP contribution in [0.25, 0.3) is 0 Å². The van der Waals surface area contributed by atoms with Crippen molar-refractivity contribution in [2.45, 2.75) is 32.2 Å². The fourth-order valence-corrected chi connectivity index (χ4v) is 0.746. The standard InChI is InChI=1S/C8H15NO2/c1-2-3-4-5-6-7(9)8(10)11/h2-3,7H,4-6,9H2,1H3,(H,10,11)/b3-2+/t7-/m1/s1. The molecule has 3 N–H and O–H groups in total. The first kappa shape index (κ1) is 10.2. The summed E-state index contributed by atoms with van der Waals surface area (Å²) >= 11 is 0. The number of carbonyl (C=O) groups is 1. The van der Waals surface area contributed by atoms with Gasteiger partial charge < -0.3 is 10.8 Å². The quantitative estimate of drug-likeness (QED) is 0.464. The van der Waals surface area contributed by atoms with Gasteiger partial charge in [0.05, 0.1) is 0 Å². The average molecular weight is 157 g/mol. The van der Waals surface area contributed by atoms with Crippen molar-refractivity contribution >= 4 is 5.97 Å². The third-order valence-corrected chi connectivity index (χ3v) is 1.44. The summed E-state index contributed by atoms with van der Waals surface area (Å²) in [6.45, 7) is 1.94. The Kier molecular flexibility index (Phi) is 5.47. The van der Waals surface area contributed by atoms with Gasteiger partial charge in [-0.25, -0.2) is 0 Å². The minimum absolute atomic E-state index is 0.555. The maximum Gasteiger partial charge on any atom is 0.320 e. The van der Waals surface area contributed by atoms with E-state index in [1.165, 1.54) is 0 Å². The van der Waals surface area contributed by atoms with Crippen molar-refractivity contribution in [3.05, 3.63) is 12.2 Å². The van der Waals surface area contributed by atoms with Crippen molar-refractivity contribution in [2.24, 2.45) is 5.73 Å². The van der Waals surface area contributed by atoms with E-state index < -0.39 is 12.0 Å². The molecule has 0 heterocycles. The molecule has 11 heavy (non-hydrogen) atoms. The van der Waals surface area contributed by atoms with Crippen LogP contribution in [0, 0.1) is 0 Å². The number of unbranched alkanes of at least 4 members (excludes halogenated alkanes) is 1. The van der Waals surface area contributed by atoms with E-state index in [9.17, 15) is 4.79 Å². The Balaban J connectivity index is 3.31.